The van der Waals surface area contributed by atoms with Crippen LogP contribution in [0.25, 0.3) is 0 Å². The molecule has 0 saturated heterocycles. The van der Waals surface area contributed by atoms with E-state index in [4.69, 9.17) is 4.74 Å². The standard InChI is InChI=1S/C14H30N2O2/c1-6-16(7-2)10-8-9-13(5)15-14(17)18-11-12(3)4/h12-13H,6-11H2,1-5H3,(H,15,17). The van der Waals surface area contributed by atoms with Crippen molar-refractivity contribution in [3.05, 3.63) is 0 Å². The molecule has 0 bridgehead atoms. The van der Waals surface area contributed by atoms with E-state index in [1.807, 2.05) is 20.8 Å². The predicted octanol–water partition coefficient (Wildman–Crippen LogP) is 2.88. The number of rotatable bonds is 9. The van der Waals surface area contributed by atoms with Crippen LogP contribution in [0.5, 0.6) is 0 Å². The highest BCUT2D eigenvalue weighted by molar-refractivity contribution is 5.67. The van der Waals surface area contributed by atoms with Crippen LogP contribution in [0, 0.1) is 5.92 Å². The average molecular weight is 258 g/mol. The number of hydrogen-bond acceptors (Lipinski definition) is 3. The Hall–Kier alpha value is -0.770. The molecule has 4 nitrogen and oxygen atoms in total. The van der Waals surface area contributed by atoms with Crippen molar-refractivity contribution in [1.29, 1.82) is 0 Å². The van der Waals surface area contributed by atoms with Gasteiger partial charge in [0.05, 0.1) is 6.61 Å². The number of carbonyl (C=O) groups excluding carboxylic acids is 1. The summed E-state index contributed by atoms with van der Waals surface area (Å²) >= 11 is 0. The first-order chi connectivity index (χ1) is 8.49. The molecule has 0 fully saturated rings. The van der Waals surface area contributed by atoms with Crippen molar-refractivity contribution in [3.63, 3.8) is 0 Å². The molecule has 1 amide bonds. The smallest absolute Gasteiger partial charge is 0.407 e. The first kappa shape index (κ1) is 17.2. The Morgan fingerprint density at radius 3 is 2.33 bits per heavy atom. The molecule has 0 aromatic carbocycles. The van der Waals surface area contributed by atoms with E-state index in [0.717, 1.165) is 32.5 Å². The van der Waals surface area contributed by atoms with Crippen LogP contribution in [0.3, 0.4) is 0 Å². The summed E-state index contributed by atoms with van der Waals surface area (Å²) in [5.41, 5.74) is 0. The summed E-state index contributed by atoms with van der Waals surface area (Å²) in [4.78, 5) is 13.8. The number of amides is 1. The van der Waals surface area contributed by atoms with Crippen LogP contribution in [-0.4, -0.2) is 43.3 Å². The zero-order valence-corrected chi connectivity index (χ0v) is 12.7. The molecule has 0 radical (unpaired) electrons. The molecule has 4 heteroatoms. The maximum atomic E-state index is 11.4. The van der Waals surface area contributed by atoms with Gasteiger partial charge in [-0.05, 0) is 45.3 Å². The molecular weight excluding hydrogens is 228 g/mol. The van der Waals surface area contributed by atoms with Crippen LogP contribution in [0.15, 0.2) is 0 Å². The fourth-order valence-corrected chi connectivity index (χ4v) is 1.72. The SMILES string of the molecule is CCN(CC)CCCC(C)NC(=O)OCC(C)C. The van der Waals surface area contributed by atoms with E-state index >= 15 is 0 Å². The van der Waals surface area contributed by atoms with Crippen LogP contribution in [0.1, 0.15) is 47.5 Å². The summed E-state index contributed by atoms with van der Waals surface area (Å²) in [6.07, 6.45) is 1.81. The van der Waals surface area contributed by atoms with E-state index in [9.17, 15) is 4.79 Å². The van der Waals surface area contributed by atoms with Gasteiger partial charge < -0.3 is 15.0 Å². The minimum Gasteiger partial charge on any atom is -0.449 e. The lowest BCUT2D eigenvalue weighted by Gasteiger charge is -2.19. The highest BCUT2D eigenvalue weighted by Crippen LogP contribution is 2.00. The van der Waals surface area contributed by atoms with Crippen molar-refractivity contribution in [2.45, 2.75) is 53.5 Å². The second kappa shape index (κ2) is 10.2. The Bertz CT molecular complexity index is 216. The highest BCUT2D eigenvalue weighted by Gasteiger charge is 2.09. The van der Waals surface area contributed by atoms with Gasteiger partial charge in [-0.3, -0.25) is 0 Å². The number of alkyl carbamates (subject to hydrolysis) is 1. The van der Waals surface area contributed by atoms with E-state index in [-0.39, 0.29) is 12.1 Å². The van der Waals surface area contributed by atoms with Gasteiger partial charge in [-0.25, -0.2) is 4.79 Å². The second-order valence-corrected chi connectivity index (χ2v) is 5.21. The molecule has 1 unspecified atom stereocenters. The lowest BCUT2D eigenvalue weighted by atomic mass is 10.2. The van der Waals surface area contributed by atoms with Gasteiger partial charge in [-0.2, -0.15) is 0 Å². The molecule has 0 aromatic heterocycles. The molecule has 0 saturated carbocycles. The van der Waals surface area contributed by atoms with Gasteiger partial charge in [0, 0.05) is 6.04 Å². The van der Waals surface area contributed by atoms with E-state index < -0.39 is 0 Å². The first-order valence-corrected chi connectivity index (χ1v) is 7.15. The fraction of sp³-hybridized carbons (Fsp3) is 0.929. The minimum absolute atomic E-state index is 0.181. The largest absolute Gasteiger partial charge is 0.449 e. The molecule has 0 aromatic rings. The molecule has 0 spiro atoms. The molecule has 0 heterocycles. The first-order valence-electron chi connectivity index (χ1n) is 7.15. The molecule has 1 atom stereocenters. The number of nitrogens with zero attached hydrogens (tertiary/aromatic N) is 1. The number of hydrogen-bond donors (Lipinski definition) is 1. The van der Waals surface area contributed by atoms with E-state index in [2.05, 4.69) is 24.1 Å². The van der Waals surface area contributed by atoms with Crippen LogP contribution in [0.4, 0.5) is 4.79 Å². The Morgan fingerprint density at radius 2 is 1.83 bits per heavy atom. The van der Waals surface area contributed by atoms with Gasteiger partial charge in [-0.15, -0.1) is 0 Å². The van der Waals surface area contributed by atoms with Gasteiger partial charge in [0.2, 0.25) is 0 Å². The van der Waals surface area contributed by atoms with E-state index in [0.29, 0.717) is 12.5 Å². The summed E-state index contributed by atoms with van der Waals surface area (Å²) < 4.78 is 5.08. The van der Waals surface area contributed by atoms with Gasteiger partial charge >= 0.3 is 6.09 Å². The lowest BCUT2D eigenvalue weighted by molar-refractivity contribution is 0.129. The molecule has 108 valence electrons. The lowest BCUT2D eigenvalue weighted by Crippen LogP contribution is -2.34. The normalized spacial score (nSPS) is 12.8. The number of nitrogens with one attached hydrogen (secondary N) is 1. The molecule has 0 aliphatic heterocycles. The zero-order valence-electron chi connectivity index (χ0n) is 12.7. The van der Waals surface area contributed by atoms with Crippen LogP contribution >= 0.6 is 0 Å². The Labute approximate surface area is 112 Å². The Morgan fingerprint density at radius 1 is 1.22 bits per heavy atom. The third-order valence-corrected chi connectivity index (χ3v) is 2.92. The van der Waals surface area contributed by atoms with Crippen molar-refractivity contribution < 1.29 is 9.53 Å². The third-order valence-electron chi connectivity index (χ3n) is 2.92. The molecule has 0 rings (SSSR count). The maximum absolute atomic E-state index is 11.4. The highest BCUT2D eigenvalue weighted by atomic mass is 16.5. The molecule has 0 aliphatic rings. The molecular formula is C14H30N2O2. The summed E-state index contributed by atoms with van der Waals surface area (Å²) in [6.45, 7) is 14.2. The Kier molecular flexibility index (Phi) is 9.74. The van der Waals surface area contributed by atoms with E-state index in [1.165, 1.54) is 0 Å². The van der Waals surface area contributed by atoms with Gasteiger partial charge in [0.15, 0.2) is 0 Å². The number of carbonyl (C=O) groups is 1. The molecule has 1 N–H and O–H groups in total. The van der Waals surface area contributed by atoms with Crippen LogP contribution in [-0.2, 0) is 4.74 Å². The van der Waals surface area contributed by atoms with Crippen molar-refractivity contribution in [2.75, 3.05) is 26.2 Å². The Balaban J connectivity index is 3.63. The van der Waals surface area contributed by atoms with Crippen LogP contribution < -0.4 is 5.32 Å². The third kappa shape index (κ3) is 9.28. The molecule has 0 aliphatic carbocycles. The summed E-state index contributed by atoms with van der Waals surface area (Å²) in [5.74, 6) is 0.383. The van der Waals surface area contributed by atoms with E-state index in [1.54, 1.807) is 0 Å². The zero-order chi connectivity index (χ0) is 14.0. The molecule has 18 heavy (non-hydrogen) atoms. The second-order valence-electron chi connectivity index (χ2n) is 5.21. The number of ether oxygens (including phenoxy) is 1. The summed E-state index contributed by atoms with van der Waals surface area (Å²) in [7, 11) is 0. The van der Waals surface area contributed by atoms with Gasteiger partial charge in [-0.1, -0.05) is 27.7 Å². The van der Waals surface area contributed by atoms with Crippen molar-refractivity contribution in [1.82, 2.24) is 10.2 Å². The quantitative estimate of drug-likeness (QED) is 0.691. The topological polar surface area (TPSA) is 41.6 Å². The predicted molar refractivity (Wildman–Crippen MR) is 75.8 cm³/mol. The fourth-order valence-electron chi connectivity index (χ4n) is 1.72. The van der Waals surface area contributed by atoms with Crippen molar-refractivity contribution >= 4 is 6.09 Å². The van der Waals surface area contributed by atoms with Crippen molar-refractivity contribution in [2.24, 2.45) is 5.92 Å². The summed E-state index contributed by atoms with van der Waals surface area (Å²) in [5, 5.41) is 2.87. The van der Waals surface area contributed by atoms with Crippen LogP contribution in [0.2, 0.25) is 0 Å². The van der Waals surface area contributed by atoms with Gasteiger partial charge in [0.25, 0.3) is 0 Å². The maximum Gasteiger partial charge on any atom is 0.407 e. The van der Waals surface area contributed by atoms with Crippen molar-refractivity contribution in [3.8, 4) is 0 Å². The average Bonchev–Trinajstić information content (AvgIpc) is 2.32. The minimum atomic E-state index is -0.293. The van der Waals surface area contributed by atoms with Gasteiger partial charge in [0.1, 0.15) is 0 Å². The summed E-state index contributed by atoms with van der Waals surface area (Å²) in [6, 6.07) is 0.181. The monoisotopic (exact) mass is 258 g/mol.